The van der Waals surface area contributed by atoms with Crippen molar-refractivity contribution in [3.8, 4) is 0 Å². The average Bonchev–Trinajstić information content (AvgIpc) is 2.83. The van der Waals surface area contributed by atoms with E-state index in [-0.39, 0.29) is 6.20 Å². The summed E-state index contributed by atoms with van der Waals surface area (Å²) in [5.74, 6) is -12.2. The van der Waals surface area contributed by atoms with E-state index in [4.69, 9.17) is 0 Å². The number of rotatable bonds is 6. The molecule has 0 aliphatic rings. The zero-order valence-electron chi connectivity index (χ0n) is 19.5. The van der Waals surface area contributed by atoms with E-state index >= 15 is 0 Å². The van der Waals surface area contributed by atoms with Crippen LogP contribution in [0.15, 0.2) is 65.7 Å². The molecule has 0 saturated heterocycles. The minimum absolute atomic E-state index is 0.247. The Labute approximate surface area is 214 Å². The van der Waals surface area contributed by atoms with Crippen LogP contribution in [0, 0.1) is 23.3 Å². The third-order valence-corrected chi connectivity index (χ3v) is 4.88. The summed E-state index contributed by atoms with van der Waals surface area (Å²) in [6, 6.07) is 3.92. The van der Waals surface area contributed by atoms with Gasteiger partial charge in [0.2, 0.25) is 0 Å². The van der Waals surface area contributed by atoms with Crippen molar-refractivity contribution in [2.24, 2.45) is 4.99 Å². The van der Waals surface area contributed by atoms with Gasteiger partial charge < -0.3 is 0 Å². The molecule has 202 valence electrons. The van der Waals surface area contributed by atoms with Crippen molar-refractivity contribution in [2.75, 3.05) is 4.90 Å². The van der Waals surface area contributed by atoms with Crippen LogP contribution in [0.1, 0.15) is 39.2 Å². The molecule has 1 aromatic heterocycles. The molecule has 3 rings (SSSR count). The standard InChI is InChI=1S/C25H14F8N4O2/c1-12(26)9-13(10-34-2)22-35-11-18(21(36-22)25(31,32)33)37(23(38)19-14(27)5-3-6-15(19)28)24(39)20-16(29)7-4-8-17(20)30/h3-11H,2H2,1H3/b12-9+,13-10+. The highest BCUT2D eigenvalue weighted by Gasteiger charge is 2.43. The molecule has 0 radical (unpaired) electrons. The Morgan fingerprint density at radius 2 is 1.38 bits per heavy atom. The second-order valence-electron chi connectivity index (χ2n) is 7.56. The van der Waals surface area contributed by atoms with Crippen molar-refractivity contribution in [2.45, 2.75) is 13.1 Å². The molecule has 0 bridgehead atoms. The Hall–Kier alpha value is -4.75. The molecule has 6 nitrogen and oxygen atoms in total. The molecule has 0 N–H and O–H groups in total. The minimum Gasteiger partial charge on any atom is -0.272 e. The molecular weight excluding hydrogens is 540 g/mol. The number of aromatic nitrogens is 2. The molecule has 0 fully saturated rings. The number of imide groups is 1. The van der Waals surface area contributed by atoms with Crippen LogP contribution in [0.2, 0.25) is 0 Å². The van der Waals surface area contributed by atoms with E-state index in [0.717, 1.165) is 25.3 Å². The van der Waals surface area contributed by atoms with Crippen molar-refractivity contribution in [3.05, 3.63) is 107 Å². The lowest BCUT2D eigenvalue weighted by Crippen LogP contribution is -2.40. The second kappa shape index (κ2) is 11.3. The number of amides is 2. The third-order valence-electron chi connectivity index (χ3n) is 4.88. The van der Waals surface area contributed by atoms with Gasteiger partial charge in [0.05, 0.1) is 12.0 Å². The SMILES string of the molecule is C=N/C=C(\C=C(/C)F)c1ncc(N(C(=O)c2c(F)cccc2F)C(=O)c2c(F)cccc2F)c(C(F)(F)F)n1. The maximum Gasteiger partial charge on any atom is 0.435 e. The number of hydrogen-bond acceptors (Lipinski definition) is 5. The van der Waals surface area contributed by atoms with Gasteiger partial charge in [0.1, 0.15) is 40.1 Å². The maximum atomic E-state index is 14.4. The van der Waals surface area contributed by atoms with E-state index in [1.807, 2.05) is 0 Å². The fraction of sp³-hybridized carbons (Fsp3) is 0.0800. The number of anilines is 1. The van der Waals surface area contributed by atoms with E-state index in [2.05, 4.69) is 21.7 Å². The summed E-state index contributed by atoms with van der Waals surface area (Å²) in [7, 11) is 0. The number of benzene rings is 2. The van der Waals surface area contributed by atoms with Gasteiger partial charge in [-0.25, -0.2) is 36.8 Å². The maximum absolute atomic E-state index is 14.4. The molecule has 1 heterocycles. The quantitative estimate of drug-likeness (QED) is 0.152. The van der Waals surface area contributed by atoms with Crippen LogP contribution >= 0.6 is 0 Å². The predicted molar refractivity (Wildman–Crippen MR) is 123 cm³/mol. The van der Waals surface area contributed by atoms with Crippen molar-refractivity contribution < 1.29 is 44.7 Å². The number of carbonyl (C=O) groups excluding carboxylic acids is 2. The van der Waals surface area contributed by atoms with Crippen molar-refractivity contribution >= 4 is 29.8 Å². The molecule has 0 aliphatic carbocycles. The number of hydrogen-bond donors (Lipinski definition) is 0. The van der Waals surface area contributed by atoms with Crippen molar-refractivity contribution in [1.82, 2.24) is 9.97 Å². The zero-order valence-corrected chi connectivity index (χ0v) is 19.5. The molecule has 0 saturated carbocycles. The van der Waals surface area contributed by atoms with Crippen molar-refractivity contribution in [3.63, 3.8) is 0 Å². The topological polar surface area (TPSA) is 75.5 Å². The summed E-state index contributed by atoms with van der Waals surface area (Å²) in [5, 5.41) is 0. The molecule has 0 aliphatic heterocycles. The van der Waals surface area contributed by atoms with Gasteiger partial charge in [0.15, 0.2) is 11.5 Å². The van der Waals surface area contributed by atoms with Crippen LogP contribution in [0.25, 0.3) is 5.57 Å². The monoisotopic (exact) mass is 554 g/mol. The number of alkyl halides is 3. The van der Waals surface area contributed by atoms with Gasteiger partial charge in [-0.15, -0.1) is 0 Å². The molecule has 0 atom stereocenters. The molecule has 0 unspecified atom stereocenters. The summed E-state index contributed by atoms with van der Waals surface area (Å²) >= 11 is 0. The van der Waals surface area contributed by atoms with Crippen LogP contribution in [0.3, 0.4) is 0 Å². The summed E-state index contributed by atoms with van der Waals surface area (Å²) in [6.45, 7) is 4.05. The van der Waals surface area contributed by atoms with Gasteiger partial charge in [-0.2, -0.15) is 13.2 Å². The predicted octanol–water partition coefficient (Wildman–Crippen LogP) is 6.45. The first kappa shape index (κ1) is 28.8. The van der Waals surface area contributed by atoms with E-state index in [9.17, 15) is 44.7 Å². The summed E-state index contributed by atoms with van der Waals surface area (Å²) in [4.78, 5) is 36.1. The number of nitrogens with zero attached hydrogens (tertiary/aromatic N) is 4. The Bertz CT molecular complexity index is 1420. The largest absolute Gasteiger partial charge is 0.435 e. The van der Waals surface area contributed by atoms with Gasteiger partial charge in [-0.1, -0.05) is 12.1 Å². The van der Waals surface area contributed by atoms with Crippen LogP contribution in [0.5, 0.6) is 0 Å². The number of aliphatic imine (C=N–C) groups is 1. The number of carbonyl (C=O) groups is 2. The number of halogens is 8. The lowest BCUT2D eigenvalue weighted by Gasteiger charge is -2.24. The summed E-state index contributed by atoms with van der Waals surface area (Å²) < 4.78 is 114. The summed E-state index contributed by atoms with van der Waals surface area (Å²) in [5.41, 5.74) is -7.01. The smallest absolute Gasteiger partial charge is 0.272 e. The van der Waals surface area contributed by atoms with E-state index < -0.39 is 85.9 Å². The van der Waals surface area contributed by atoms with Gasteiger partial charge in [-0.05, 0) is 44.0 Å². The Kier molecular flexibility index (Phi) is 8.37. The Morgan fingerprint density at radius 1 is 0.923 bits per heavy atom. The second-order valence-corrected chi connectivity index (χ2v) is 7.56. The first-order valence-corrected chi connectivity index (χ1v) is 10.5. The molecule has 14 heteroatoms. The average molecular weight is 554 g/mol. The lowest BCUT2D eigenvalue weighted by atomic mass is 10.1. The van der Waals surface area contributed by atoms with Gasteiger partial charge in [0, 0.05) is 11.8 Å². The highest BCUT2D eigenvalue weighted by atomic mass is 19.4. The highest BCUT2D eigenvalue weighted by Crippen LogP contribution is 2.37. The van der Waals surface area contributed by atoms with Gasteiger partial charge in [0.25, 0.3) is 11.8 Å². The molecule has 3 aromatic rings. The first-order valence-electron chi connectivity index (χ1n) is 10.5. The highest BCUT2D eigenvalue weighted by molar-refractivity contribution is 6.26. The molecule has 2 aromatic carbocycles. The molecular formula is C25H14F8N4O2. The Morgan fingerprint density at radius 3 is 1.77 bits per heavy atom. The first-order chi connectivity index (χ1) is 18.3. The van der Waals surface area contributed by atoms with Gasteiger partial charge >= 0.3 is 6.18 Å². The number of allylic oxidation sites excluding steroid dienone is 3. The van der Waals surface area contributed by atoms with E-state index in [1.54, 1.807) is 0 Å². The Balaban J connectivity index is 2.39. The fourth-order valence-electron chi connectivity index (χ4n) is 3.30. The lowest BCUT2D eigenvalue weighted by molar-refractivity contribution is -0.140. The fourth-order valence-corrected chi connectivity index (χ4v) is 3.30. The third kappa shape index (κ3) is 6.05. The van der Waals surface area contributed by atoms with Crippen LogP contribution in [-0.2, 0) is 6.18 Å². The van der Waals surface area contributed by atoms with Crippen LogP contribution in [0.4, 0.5) is 40.8 Å². The van der Waals surface area contributed by atoms with E-state index in [1.165, 1.54) is 0 Å². The normalized spacial score (nSPS) is 12.3. The molecule has 0 spiro atoms. The molecule has 39 heavy (non-hydrogen) atoms. The summed E-state index contributed by atoms with van der Waals surface area (Å²) in [6.07, 6.45) is -3.75. The van der Waals surface area contributed by atoms with Crippen LogP contribution < -0.4 is 4.90 Å². The van der Waals surface area contributed by atoms with Crippen LogP contribution in [-0.4, -0.2) is 28.5 Å². The minimum atomic E-state index is -5.49. The van der Waals surface area contributed by atoms with E-state index in [0.29, 0.717) is 30.3 Å². The van der Waals surface area contributed by atoms with Crippen molar-refractivity contribution in [1.29, 1.82) is 0 Å². The zero-order chi connectivity index (χ0) is 29.1. The van der Waals surface area contributed by atoms with Gasteiger partial charge in [-0.3, -0.25) is 14.6 Å². The molecule has 2 amide bonds.